The molecule has 1 saturated heterocycles. The largest absolute Gasteiger partial charge is 0.508 e. The minimum Gasteiger partial charge on any atom is -0.508 e. The van der Waals surface area contributed by atoms with Crippen molar-refractivity contribution in [2.45, 2.75) is 46.3 Å². The summed E-state index contributed by atoms with van der Waals surface area (Å²) in [5, 5.41) is 20.3. The van der Waals surface area contributed by atoms with Crippen molar-refractivity contribution < 1.29 is 19.7 Å². The molecule has 0 radical (unpaired) electrons. The first-order valence-electron chi connectivity index (χ1n) is 12.8. The third-order valence-electron chi connectivity index (χ3n) is 7.50. The van der Waals surface area contributed by atoms with Gasteiger partial charge in [-0.3, -0.25) is 4.90 Å². The van der Waals surface area contributed by atoms with Crippen molar-refractivity contribution >= 4 is 11.1 Å². The van der Waals surface area contributed by atoms with Gasteiger partial charge in [-0.1, -0.05) is 25.1 Å². The third-order valence-corrected chi connectivity index (χ3v) is 7.50. The van der Waals surface area contributed by atoms with E-state index in [2.05, 4.69) is 37.8 Å². The van der Waals surface area contributed by atoms with Crippen LogP contribution in [0.5, 0.6) is 23.0 Å². The Hall–Kier alpha value is -3.44. The molecule has 3 aromatic carbocycles. The van der Waals surface area contributed by atoms with Crippen molar-refractivity contribution in [1.29, 1.82) is 0 Å². The second kappa shape index (κ2) is 9.90. The van der Waals surface area contributed by atoms with E-state index in [0.29, 0.717) is 12.6 Å². The van der Waals surface area contributed by atoms with E-state index in [-0.39, 0.29) is 17.6 Å². The summed E-state index contributed by atoms with van der Waals surface area (Å²) in [6.45, 7) is 11.6. The molecule has 3 aromatic rings. The van der Waals surface area contributed by atoms with Gasteiger partial charge < -0.3 is 19.7 Å². The number of hydrogen-bond acceptors (Lipinski definition) is 5. The highest BCUT2D eigenvalue weighted by Gasteiger charge is 2.30. The first-order chi connectivity index (χ1) is 17.3. The molecule has 5 nitrogen and oxygen atoms in total. The number of phenolic OH excluding ortho intramolecular Hbond substituents is 2. The number of fused-ring (bicyclic) bond motifs is 1. The lowest BCUT2D eigenvalue weighted by Gasteiger charge is -2.31. The van der Waals surface area contributed by atoms with Crippen molar-refractivity contribution in [3.05, 3.63) is 82.9 Å². The molecule has 1 fully saturated rings. The highest BCUT2D eigenvalue weighted by atomic mass is 16.5. The van der Waals surface area contributed by atoms with Crippen LogP contribution in [-0.4, -0.2) is 40.9 Å². The smallest absolute Gasteiger partial charge is 0.150 e. The minimum absolute atomic E-state index is 0.195. The van der Waals surface area contributed by atoms with Gasteiger partial charge in [0.15, 0.2) is 0 Å². The van der Waals surface area contributed by atoms with E-state index >= 15 is 0 Å². The molecule has 3 atom stereocenters. The van der Waals surface area contributed by atoms with Crippen LogP contribution >= 0.6 is 0 Å². The molecule has 5 heteroatoms. The van der Waals surface area contributed by atoms with Gasteiger partial charge in [-0.15, -0.1) is 0 Å². The number of phenols is 2. The van der Waals surface area contributed by atoms with Crippen LogP contribution in [0.2, 0.25) is 0 Å². The van der Waals surface area contributed by atoms with Crippen molar-refractivity contribution in [3.63, 3.8) is 0 Å². The standard InChI is InChI=1S/C31H35NO4/c1-19-12-13-32(17-19)21(3)18-35-28-10-8-24(14-20(28)2)31-30(23-6-5-7-25(33)15-23)22(4)27-16-26(34)9-11-29(27)36-31/h5-11,14-16,19,21,31,33-34H,12-13,17-18H2,1-4H3. The summed E-state index contributed by atoms with van der Waals surface area (Å²) in [6, 6.07) is 19.0. The van der Waals surface area contributed by atoms with Crippen LogP contribution in [0.3, 0.4) is 0 Å². The molecule has 5 rings (SSSR count). The van der Waals surface area contributed by atoms with Gasteiger partial charge in [-0.05, 0) is 104 Å². The van der Waals surface area contributed by atoms with Gasteiger partial charge in [0.1, 0.15) is 35.7 Å². The molecule has 0 saturated carbocycles. The number of rotatable bonds is 6. The highest BCUT2D eigenvalue weighted by molar-refractivity contribution is 5.95. The topological polar surface area (TPSA) is 62.2 Å². The molecule has 0 spiro atoms. The fourth-order valence-corrected chi connectivity index (χ4v) is 5.40. The normalized spacial score (nSPS) is 20.7. The predicted octanol–water partition coefficient (Wildman–Crippen LogP) is 6.58. The van der Waals surface area contributed by atoms with Gasteiger partial charge >= 0.3 is 0 Å². The van der Waals surface area contributed by atoms with E-state index in [4.69, 9.17) is 9.47 Å². The molecule has 0 aromatic heterocycles. The molecule has 2 aliphatic rings. The number of nitrogens with zero attached hydrogens (tertiary/aromatic N) is 1. The highest BCUT2D eigenvalue weighted by Crippen LogP contribution is 2.48. The van der Waals surface area contributed by atoms with E-state index < -0.39 is 0 Å². The maximum Gasteiger partial charge on any atom is 0.150 e. The van der Waals surface area contributed by atoms with E-state index in [1.165, 1.54) is 6.42 Å². The lowest BCUT2D eigenvalue weighted by Crippen LogP contribution is -2.35. The molecule has 0 amide bonds. The Balaban J connectivity index is 1.44. The Labute approximate surface area is 213 Å². The van der Waals surface area contributed by atoms with Gasteiger partial charge in [-0.2, -0.15) is 0 Å². The van der Waals surface area contributed by atoms with Crippen molar-refractivity contribution in [2.24, 2.45) is 5.92 Å². The average Bonchev–Trinajstić information content (AvgIpc) is 3.29. The molecular weight excluding hydrogens is 450 g/mol. The Morgan fingerprint density at radius 1 is 1.03 bits per heavy atom. The molecule has 0 aliphatic carbocycles. The summed E-state index contributed by atoms with van der Waals surface area (Å²) < 4.78 is 12.8. The molecule has 188 valence electrons. The fraction of sp³-hybridized carbons (Fsp3) is 0.355. The Bertz CT molecular complexity index is 1300. The third kappa shape index (κ3) is 4.80. The number of benzene rings is 3. The summed E-state index contributed by atoms with van der Waals surface area (Å²) in [7, 11) is 0. The summed E-state index contributed by atoms with van der Waals surface area (Å²) >= 11 is 0. The zero-order chi connectivity index (χ0) is 25.4. The molecule has 2 heterocycles. The van der Waals surface area contributed by atoms with Crippen LogP contribution < -0.4 is 9.47 Å². The van der Waals surface area contributed by atoms with E-state index in [9.17, 15) is 10.2 Å². The number of ether oxygens (including phenoxy) is 2. The van der Waals surface area contributed by atoms with Crippen LogP contribution in [0.25, 0.3) is 11.1 Å². The van der Waals surface area contributed by atoms with Gasteiger partial charge in [-0.25, -0.2) is 0 Å². The lowest BCUT2D eigenvalue weighted by molar-refractivity contribution is 0.168. The minimum atomic E-state index is -0.360. The zero-order valence-electron chi connectivity index (χ0n) is 21.5. The van der Waals surface area contributed by atoms with E-state index in [1.54, 1.807) is 24.3 Å². The SMILES string of the molecule is CC1=C(c2cccc(O)c2)C(c2ccc(OCC(C)N3CCC(C)C3)c(C)c2)Oc2ccc(O)cc21. The number of hydrogen-bond donors (Lipinski definition) is 2. The summed E-state index contributed by atoms with van der Waals surface area (Å²) in [5.74, 6) is 2.77. The van der Waals surface area contributed by atoms with Crippen LogP contribution in [-0.2, 0) is 0 Å². The zero-order valence-corrected chi connectivity index (χ0v) is 21.5. The monoisotopic (exact) mass is 485 g/mol. The van der Waals surface area contributed by atoms with Crippen molar-refractivity contribution in [1.82, 2.24) is 4.90 Å². The molecular formula is C31H35NO4. The first-order valence-corrected chi connectivity index (χ1v) is 12.8. The van der Waals surface area contributed by atoms with Crippen LogP contribution in [0.1, 0.15) is 55.5 Å². The quantitative estimate of drug-likeness (QED) is 0.413. The van der Waals surface area contributed by atoms with Gasteiger partial charge in [0, 0.05) is 23.7 Å². The van der Waals surface area contributed by atoms with Crippen molar-refractivity contribution in [3.8, 4) is 23.0 Å². The lowest BCUT2D eigenvalue weighted by atomic mass is 9.85. The Kier molecular flexibility index (Phi) is 6.67. The average molecular weight is 486 g/mol. The Morgan fingerprint density at radius 3 is 2.56 bits per heavy atom. The van der Waals surface area contributed by atoms with E-state index in [0.717, 1.165) is 63.9 Å². The number of allylic oxidation sites excluding steroid dienone is 1. The summed E-state index contributed by atoms with van der Waals surface area (Å²) in [5.41, 5.74) is 5.79. The fourth-order valence-electron chi connectivity index (χ4n) is 5.40. The van der Waals surface area contributed by atoms with Gasteiger partial charge in [0.2, 0.25) is 0 Å². The van der Waals surface area contributed by atoms with E-state index in [1.807, 2.05) is 31.2 Å². The molecule has 2 N–H and O–H groups in total. The first kappa shape index (κ1) is 24.3. The number of likely N-dealkylation sites (tertiary alicyclic amines) is 1. The molecule has 3 unspecified atom stereocenters. The van der Waals surface area contributed by atoms with Crippen LogP contribution in [0.4, 0.5) is 0 Å². The van der Waals surface area contributed by atoms with Crippen LogP contribution in [0.15, 0.2) is 60.7 Å². The Morgan fingerprint density at radius 2 is 1.83 bits per heavy atom. The summed E-state index contributed by atoms with van der Waals surface area (Å²) in [4.78, 5) is 2.51. The summed E-state index contributed by atoms with van der Waals surface area (Å²) in [6.07, 6.45) is 0.901. The molecule has 0 bridgehead atoms. The number of aryl methyl sites for hydroxylation is 1. The second-order valence-corrected chi connectivity index (χ2v) is 10.3. The second-order valence-electron chi connectivity index (χ2n) is 10.3. The molecule has 36 heavy (non-hydrogen) atoms. The van der Waals surface area contributed by atoms with Gasteiger partial charge in [0.05, 0.1) is 0 Å². The van der Waals surface area contributed by atoms with Gasteiger partial charge in [0.25, 0.3) is 0 Å². The maximum absolute atomic E-state index is 10.2. The maximum atomic E-state index is 10.2. The van der Waals surface area contributed by atoms with Crippen LogP contribution in [0, 0.1) is 12.8 Å². The van der Waals surface area contributed by atoms with Crippen molar-refractivity contribution in [2.75, 3.05) is 19.7 Å². The number of aromatic hydroxyl groups is 2. The molecule has 2 aliphatic heterocycles. The predicted molar refractivity (Wildman–Crippen MR) is 144 cm³/mol.